The van der Waals surface area contributed by atoms with Gasteiger partial charge in [0.15, 0.2) is 0 Å². The fourth-order valence-corrected chi connectivity index (χ4v) is 1.74. The number of rotatable bonds is 4. The van der Waals surface area contributed by atoms with Crippen LogP contribution in [0.2, 0.25) is 0 Å². The minimum atomic E-state index is -1.65. The van der Waals surface area contributed by atoms with E-state index in [4.69, 9.17) is 14.9 Å². The second-order valence-corrected chi connectivity index (χ2v) is 4.03. The summed E-state index contributed by atoms with van der Waals surface area (Å²) in [6.07, 6.45) is -10.5. The van der Waals surface area contributed by atoms with Crippen molar-refractivity contribution in [3.63, 3.8) is 0 Å². The summed E-state index contributed by atoms with van der Waals surface area (Å²) in [5, 5.41) is 64.8. The predicted octanol–water partition coefficient (Wildman–Crippen LogP) is -4.46. The lowest BCUT2D eigenvalue weighted by atomic mass is 9.91. The Morgan fingerprint density at radius 2 is 1.53 bits per heavy atom. The Bertz CT molecular complexity index is 231. The Balaban J connectivity index is 2.78. The molecule has 1 aliphatic heterocycles. The van der Waals surface area contributed by atoms with Gasteiger partial charge >= 0.3 is 0 Å². The molecule has 1 fully saturated rings. The Kier molecular flexibility index (Phi) is 5.22. The van der Waals surface area contributed by atoms with Crippen LogP contribution in [0.5, 0.6) is 0 Å². The molecule has 7 N–H and O–H groups in total. The van der Waals surface area contributed by atoms with Crippen molar-refractivity contribution < 1.29 is 40.5 Å². The van der Waals surface area contributed by atoms with Crippen molar-refractivity contribution in [2.75, 3.05) is 13.2 Å². The third kappa shape index (κ3) is 2.92. The molecule has 1 rings (SSSR count). The van der Waals surface area contributed by atoms with Gasteiger partial charge in [0.1, 0.15) is 42.7 Å². The number of ether oxygens (including phenoxy) is 1. The van der Waals surface area contributed by atoms with E-state index in [0.717, 1.165) is 0 Å². The van der Waals surface area contributed by atoms with Gasteiger partial charge in [0.2, 0.25) is 0 Å². The van der Waals surface area contributed by atoms with E-state index in [2.05, 4.69) is 0 Å². The molecule has 1 aliphatic rings. The van der Waals surface area contributed by atoms with Gasteiger partial charge in [-0.15, -0.1) is 0 Å². The maximum absolute atomic E-state index is 9.57. The molecule has 0 saturated carbocycles. The number of hydrogen-bond donors (Lipinski definition) is 7. The molecule has 0 aromatic carbocycles. The minimum Gasteiger partial charge on any atom is -0.394 e. The Labute approximate surface area is 97.3 Å². The van der Waals surface area contributed by atoms with Crippen LogP contribution in [0.1, 0.15) is 0 Å². The maximum Gasteiger partial charge on any atom is 0.115 e. The highest BCUT2D eigenvalue weighted by atomic mass is 16.6. The first kappa shape index (κ1) is 14.7. The molecule has 2 unspecified atom stereocenters. The van der Waals surface area contributed by atoms with Crippen LogP contribution in [-0.4, -0.2) is 91.7 Å². The van der Waals surface area contributed by atoms with Crippen molar-refractivity contribution in [2.45, 2.75) is 42.7 Å². The number of hydrogen-bond acceptors (Lipinski definition) is 8. The van der Waals surface area contributed by atoms with Crippen molar-refractivity contribution in [3.05, 3.63) is 0 Å². The van der Waals surface area contributed by atoms with Crippen LogP contribution in [-0.2, 0) is 4.74 Å². The molecular formula is C9H18O8. The van der Waals surface area contributed by atoms with Crippen LogP contribution in [0, 0.1) is 0 Å². The van der Waals surface area contributed by atoms with E-state index in [-0.39, 0.29) is 0 Å². The van der Waals surface area contributed by atoms with Crippen molar-refractivity contribution in [1.29, 1.82) is 0 Å². The van der Waals surface area contributed by atoms with Crippen molar-refractivity contribution in [3.8, 4) is 0 Å². The summed E-state index contributed by atoms with van der Waals surface area (Å²) in [5.41, 5.74) is 0. The molecule has 17 heavy (non-hydrogen) atoms. The highest BCUT2D eigenvalue weighted by molar-refractivity contribution is 4.96. The van der Waals surface area contributed by atoms with Gasteiger partial charge in [-0.1, -0.05) is 0 Å². The molecule has 0 spiro atoms. The zero-order valence-corrected chi connectivity index (χ0v) is 8.99. The fourth-order valence-electron chi connectivity index (χ4n) is 1.74. The molecule has 8 nitrogen and oxygen atoms in total. The van der Waals surface area contributed by atoms with Crippen LogP contribution in [0.15, 0.2) is 0 Å². The van der Waals surface area contributed by atoms with E-state index < -0.39 is 55.9 Å². The van der Waals surface area contributed by atoms with Crippen molar-refractivity contribution in [1.82, 2.24) is 0 Å². The first-order valence-corrected chi connectivity index (χ1v) is 5.21. The van der Waals surface area contributed by atoms with Gasteiger partial charge in [0, 0.05) is 0 Å². The van der Waals surface area contributed by atoms with E-state index in [0.29, 0.717) is 0 Å². The van der Waals surface area contributed by atoms with E-state index in [9.17, 15) is 25.5 Å². The molecule has 7 atom stereocenters. The van der Waals surface area contributed by atoms with Crippen molar-refractivity contribution in [2.24, 2.45) is 0 Å². The van der Waals surface area contributed by atoms with Crippen LogP contribution in [0.3, 0.4) is 0 Å². The number of aliphatic hydroxyl groups is 7. The van der Waals surface area contributed by atoms with E-state index >= 15 is 0 Å². The van der Waals surface area contributed by atoms with Crippen molar-refractivity contribution >= 4 is 0 Å². The summed E-state index contributed by atoms with van der Waals surface area (Å²) in [7, 11) is 0. The average molecular weight is 254 g/mol. The fraction of sp³-hybridized carbons (Fsp3) is 1.00. The summed E-state index contributed by atoms with van der Waals surface area (Å²) in [4.78, 5) is 0. The molecule has 0 bridgehead atoms. The predicted molar refractivity (Wildman–Crippen MR) is 52.9 cm³/mol. The highest BCUT2D eigenvalue weighted by Crippen LogP contribution is 2.24. The summed E-state index contributed by atoms with van der Waals surface area (Å²) < 4.78 is 4.98. The van der Waals surface area contributed by atoms with E-state index in [1.807, 2.05) is 0 Å². The Morgan fingerprint density at radius 1 is 0.941 bits per heavy atom. The zero-order chi connectivity index (χ0) is 13.2. The summed E-state index contributed by atoms with van der Waals surface area (Å²) >= 11 is 0. The lowest BCUT2D eigenvalue weighted by molar-refractivity contribution is -0.258. The summed E-state index contributed by atoms with van der Waals surface area (Å²) in [6.45, 7) is -1.38. The molecule has 0 aromatic heterocycles. The quantitative estimate of drug-likeness (QED) is 0.265. The first-order valence-electron chi connectivity index (χ1n) is 5.21. The largest absolute Gasteiger partial charge is 0.394 e. The van der Waals surface area contributed by atoms with Gasteiger partial charge < -0.3 is 40.5 Å². The molecule has 0 radical (unpaired) electrons. The minimum absolute atomic E-state index is 0.622. The van der Waals surface area contributed by atoms with Gasteiger partial charge in [-0.25, -0.2) is 0 Å². The smallest absolute Gasteiger partial charge is 0.115 e. The van der Waals surface area contributed by atoms with Gasteiger partial charge in [0.25, 0.3) is 0 Å². The average Bonchev–Trinajstić information content (AvgIpc) is 2.34. The molecule has 1 heterocycles. The summed E-state index contributed by atoms with van der Waals surface area (Å²) in [6, 6.07) is 0. The lowest BCUT2D eigenvalue weighted by Gasteiger charge is -2.42. The molecule has 0 aliphatic carbocycles. The van der Waals surface area contributed by atoms with E-state index in [1.165, 1.54) is 0 Å². The van der Waals surface area contributed by atoms with Gasteiger partial charge in [0.05, 0.1) is 13.2 Å². The van der Waals surface area contributed by atoms with E-state index in [1.54, 1.807) is 0 Å². The van der Waals surface area contributed by atoms with Crippen LogP contribution in [0.4, 0.5) is 0 Å². The molecule has 102 valence electrons. The van der Waals surface area contributed by atoms with Crippen LogP contribution < -0.4 is 0 Å². The van der Waals surface area contributed by atoms with Gasteiger partial charge in [-0.3, -0.25) is 0 Å². The molecule has 0 aromatic rings. The standard InChI is InChI=1S/C9H18O8/c10-1-3(12)5(13)9-8(16)7(15)6(14)4(2-11)17-9/h3-16H,1-2H2/t3?,4-,5?,6-,7+,8-,9-/m1/s1. The van der Waals surface area contributed by atoms with Gasteiger partial charge in [-0.05, 0) is 0 Å². The lowest BCUT2D eigenvalue weighted by Crippen LogP contribution is -2.63. The molecule has 8 heteroatoms. The van der Waals surface area contributed by atoms with Crippen LogP contribution in [0.25, 0.3) is 0 Å². The Hall–Kier alpha value is -0.320. The Morgan fingerprint density at radius 3 is 2.00 bits per heavy atom. The zero-order valence-electron chi connectivity index (χ0n) is 8.99. The summed E-state index contributed by atoms with van der Waals surface area (Å²) in [5.74, 6) is 0. The van der Waals surface area contributed by atoms with Gasteiger partial charge in [-0.2, -0.15) is 0 Å². The SMILES string of the molecule is OCC(O)C(O)[C@H]1O[C@H](CO)[C@@H](O)[C@H](O)[C@H]1O. The molecular weight excluding hydrogens is 236 g/mol. The topological polar surface area (TPSA) is 151 Å². The maximum atomic E-state index is 9.57. The highest BCUT2D eigenvalue weighted by Gasteiger charge is 2.47. The second kappa shape index (κ2) is 6.03. The number of aliphatic hydroxyl groups excluding tert-OH is 7. The third-order valence-corrected chi connectivity index (χ3v) is 2.85. The first-order chi connectivity index (χ1) is 7.93. The van der Waals surface area contributed by atoms with Crippen LogP contribution >= 0.6 is 0 Å². The molecule has 0 amide bonds. The second-order valence-electron chi connectivity index (χ2n) is 4.03. The monoisotopic (exact) mass is 254 g/mol. The normalized spacial score (nSPS) is 42.2. The third-order valence-electron chi connectivity index (χ3n) is 2.85. The molecule has 1 saturated heterocycles.